The summed E-state index contributed by atoms with van der Waals surface area (Å²) in [5, 5.41) is 3.73. The Bertz CT molecular complexity index is 509. The maximum absolute atomic E-state index is 5.62. The Morgan fingerprint density at radius 2 is 2.00 bits per heavy atom. The molecule has 1 aliphatic rings. The van der Waals surface area contributed by atoms with Gasteiger partial charge in [0.2, 0.25) is 0 Å². The van der Waals surface area contributed by atoms with E-state index < -0.39 is 0 Å². The minimum Gasteiger partial charge on any atom is -0.467 e. The lowest BCUT2D eigenvalue weighted by Crippen LogP contribution is -2.32. The lowest BCUT2D eigenvalue weighted by molar-refractivity contribution is 0.106. The average molecular weight is 271 g/mol. The predicted molar refractivity (Wildman–Crippen MR) is 78.6 cm³/mol. The molecule has 1 fully saturated rings. The Morgan fingerprint density at radius 1 is 1.15 bits per heavy atom. The predicted octanol–water partition coefficient (Wildman–Crippen LogP) is 3.53. The van der Waals surface area contributed by atoms with Crippen LogP contribution in [0.5, 0.6) is 0 Å². The molecule has 3 rings (SSSR count). The molecule has 3 nitrogen and oxygen atoms in total. The van der Waals surface area contributed by atoms with E-state index >= 15 is 0 Å². The van der Waals surface area contributed by atoms with Crippen LogP contribution in [-0.4, -0.2) is 19.3 Å². The first-order valence-electron chi connectivity index (χ1n) is 7.24. The summed E-state index contributed by atoms with van der Waals surface area (Å²) in [4.78, 5) is 0. The SMILES string of the molecule is COC1CCC(NC(c2ccccc2)c2ccco2)C1. The van der Waals surface area contributed by atoms with Crippen molar-refractivity contribution in [3.63, 3.8) is 0 Å². The van der Waals surface area contributed by atoms with Crippen molar-refractivity contribution < 1.29 is 9.15 Å². The number of rotatable bonds is 5. The smallest absolute Gasteiger partial charge is 0.125 e. The van der Waals surface area contributed by atoms with E-state index in [2.05, 4.69) is 29.6 Å². The van der Waals surface area contributed by atoms with Crippen molar-refractivity contribution in [1.82, 2.24) is 5.32 Å². The summed E-state index contributed by atoms with van der Waals surface area (Å²) in [6.45, 7) is 0. The minimum atomic E-state index is 0.117. The topological polar surface area (TPSA) is 34.4 Å². The first-order valence-corrected chi connectivity index (χ1v) is 7.24. The van der Waals surface area contributed by atoms with Crippen LogP contribution in [0.15, 0.2) is 53.1 Å². The van der Waals surface area contributed by atoms with Crippen molar-refractivity contribution >= 4 is 0 Å². The van der Waals surface area contributed by atoms with Gasteiger partial charge in [0.25, 0.3) is 0 Å². The Labute approximate surface area is 119 Å². The summed E-state index contributed by atoms with van der Waals surface area (Å²) in [5.41, 5.74) is 1.24. The third-order valence-electron chi connectivity index (χ3n) is 4.08. The normalized spacial score (nSPS) is 23.9. The van der Waals surface area contributed by atoms with Crippen LogP contribution < -0.4 is 5.32 Å². The lowest BCUT2D eigenvalue weighted by atomic mass is 10.0. The highest BCUT2D eigenvalue weighted by Gasteiger charge is 2.28. The van der Waals surface area contributed by atoms with Gasteiger partial charge in [-0.25, -0.2) is 0 Å². The molecule has 0 spiro atoms. The van der Waals surface area contributed by atoms with Gasteiger partial charge in [0.15, 0.2) is 0 Å². The van der Waals surface area contributed by atoms with Crippen LogP contribution in [0.25, 0.3) is 0 Å². The van der Waals surface area contributed by atoms with Crippen LogP contribution in [0, 0.1) is 0 Å². The molecule has 1 heterocycles. The number of methoxy groups -OCH3 is 1. The number of furan rings is 1. The van der Waals surface area contributed by atoms with E-state index in [1.165, 1.54) is 5.56 Å². The average Bonchev–Trinajstić information content (AvgIpc) is 3.17. The summed E-state index contributed by atoms with van der Waals surface area (Å²) in [5.74, 6) is 0.970. The molecule has 106 valence electrons. The molecule has 3 unspecified atom stereocenters. The molecule has 3 atom stereocenters. The molecule has 1 aromatic heterocycles. The molecule has 0 amide bonds. The van der Waals surface area contributed by atoms with E-state index in [1.54, 1.807) is 13.4 Å². The zero-order chi connectivity index (χ0) is 13.8. The van der Waals surface area contributed by atoms with E-state index in [4.69, 9.17) is 9.15 Å². The molecule has 0 bridgehead atoms. The summed E-state index contributed by atoms with van der Waals surface area (Å²) in [7, 11) is 1.80. The number of benzene rings is 1. The fourth-order valence-electron chi connectivity index (χ4n) is 2.98. The van der Waals surface area contributed by atoms with Crippen LogP contribution in [-0.2, 0) is 4.74 Å². The number of hydrogen-bond acceptors (Lipinski definition) is 3. The van der Waals surface area contributed by atoms with Gasteiger partial charge in [-0.2, -0.15) is 0 Å². The van der Waals surface area contributed by atoms with Gasteiger partial charge in [-0.15, -0.1) is 0 Å². The molecule has 1 aliphatic carbocycles. The van der Waals surface area contributed by atoms with Crippen LogP contribution in [0.3, 0.4) is 0 Å². The first kappa shape index (κ1) is 13.4. The van der Waals surface area contributed by atoms with Crippen LogP contribution in [0.4, 0.5) is 0 Å². The zero-order valence-corrected chi connectivity index (χ0v) is 11.8. The second-order valence-electron chi connectivity index (χ2n) is 5.39. The summed E-state index contributed by atoms with van der Waals surface area (Å²) in [6, 6.07) is 15.0. The van der Waals surface area contributed by atoms with Crippen LogP contribution in [0.2, 0.25) is 0 Å². The number of hydrogen-bond donors (Lipinski definition) is 1. The van der Waals surface area contributed by atoms with Gasteiger partial charge in [-0.05, 0) is 37.0 Å². The molecule has 1 N–H and O–H groups in total. The quantitative estimate of drug-likeness (QED) is 0.903. The molecule has 1 saturated carbocycles. The van der Waals surface area contributed by atoms with Crippen molar-refractivity contribution in [2.24, 2.45) is 0 Å². The largest absolute Gasteiger partial charge is 0.467 e. The van der Waals surface area contributed by atoms with Gasteiger partial charge >= 0.3 is 0 Å². The molecular weight excluding hydrogens is 250 g/mol. The van der Waals surface area contributed by atoms with Gasteiger partial charge in [-0.1, -0.05) is 30.3 Å². The Hall–Kier alpha value is -1.58. The summed E-state index contributed by atoms with van der Waals surface area (Å²) in [6.07, 6.45) is 5.48. The molecule has 1 aromatic carbocycles. The maximum Gasteiger partial charge on any atom is 0.125 e. The van der Waals surface area contributed by atoms with Gasteiger partial charge in [0.05, 0.1) is 18.4 Å². The fraction of sp³-hybridized carbons (Fsp3) is 0.412. The highest BCUT2D eigenvalue weighted by atomic mass is 16.5. The third-order valence-corrected chi connectivity index (χ3v) is 4.08. The van der Waals surface area contributed by atoms with Crippen molar-refractivity contribution in [2.75, 3.05) is 7.11 Å². The van der Waals surface area contributed by atoms with Gasteiger partial charge < -0.3 is 14.5 Å². The Morgan fingerprint density at radius 3 is 2.65 bits per heavy atom. The van der Waals surface area contributed by atoms with Gasteiger partial charge in [-0.3, -0.25) is 0 Å². The van der Waals surface area contributed by atoms with E-state index in [0.29, 0.717) is 12.1 Å². The van der Waals surface area contributed by atoms with Crippen molar-refractivity contribution in [1.29, 1.82) is 0 Å². The van der Waals surface area contributed by atoms with E-state index in [0.717, 1.165) is 25.0 Å². The second kappa shape index (κ2) is 6.25. The van der Waals surface area contributed by atoms with E-state index in [1.807, 2.05) is 18.2 Å². The molecular formula is C17H21NO2. The van der Waals surface area contributed by atoms with Crippen LogP contribution in [0.1, 0.15) is 36.6 Å². The summed E-state index contributed by atoms with van der Waals surface area (Å²) < 4.78 is 11.1. The minimum absolute atomic E-state index is 0.117. The number of nitrogens with one attached hydrogen (secondary N) is 1. The zero-order valence-electron chi connectivity index (χ0n) is 11.8. The third kappa shape index (κ3) is 2.94. The molecule has 3 heteroatoms. The Balaban J connectivity index is 1.77. The molecule has 0 saturated heterocycles. The van der Waals surface area contributed by atoms with Crippen molar-refractivity contribution in [3.05, 3.63) is 60.1 Å². The van der Waals surface area contributed by atoms with Crippen LogP contribution >= 0.6 is 0 Å². The highest BCUT2D eigenvalue weighted by Crippen LogP contribution is 2.28. The van der Waals surface area contributed by atoms with Gasteiger partial charge in [0, 0.05) is 13.2 Å². The molecule has 20 heavy (non-hydrogen) atoms. The summed E-state index contributed by atoms with van der Waals surface area (Å²) >= 11 is 0. The lowest BCUT2D eigenvalue weighted by Gasteiger charge is -2.22. The monoisotopic (exact) mass is 271 g/mol. The standard InChI is InChI=1S/C17H21NO2/c1-19-15-10-9-14(12-15)18-17(16-8-5-11-20-16)13-6-3-2-4-7-13/h2-8,11,14-15,17-18H,9-10,12H2,1H3. The first-order chi connectivity index (χ1) is 9.86. The van der Waals surface area contributed by atoms with Crippen molar-refractivity contribution in [3.8, 4) is 0 Å². The van der Waals surface area contributed by atoms with Crippen molar-refractivity contribution in [2.45, 2.75) is 37.5 Å². The molecule has 2 aromatic rings. The van der Waals surface area contributed by atoms with Gasteiger partial charge in [0.1, 0.15) is 5.76 Å². The second-order valence-corrected chi connectivity index (χ2v) is 5.39. The Kier molecular flexibility index (Phi) is 4.19. The highest BCUT2D eigenvalue weighted by molar-refractivity contribution is 5.26. The fourth-order valence-corrected chi connectivity index (χ4v) is 2.98. The maximum atomic E-state index is 5.62. The molecule has 0 radical (unpaired) electrons. The molecule has 0 aliphatic heterocycles. The number of ether oxygens (including phenoxy) is 1. The van der Waals surface area contributed by atoms with E-state index in [9.17, 15) is 0 Å². The van der Waals surface area contributed by atoms with E-state index in [-0.39, 0.29) is 6.04 Å².